The zero-order chi connectivity index (χ0) is 12.3. The molecule has 1 heterocycles. The molecule has 92 valence electrons. The van der Waals surface area contributed by atoms with Gasteiger partial charge in [-0.05, 0) is 12.3 Å². The van der Waals surface area contributed by atoms with Crippen LogP contribution in [0.3, 0.4) is 0 Å². The van der Waals surface area contributed by atoms with Crippen molar-refractivity contribution in [1.29, 1.82) is 0 Å². The van der Waals surface area contributed by atoms with E-state index < -0.39 is 10.0 Å². The van der Waals surface area contributed by atoms with E-state index in [4.69, 9.17) is 5.73 Å². The number of nitrogen functional groups attached to an aromatic ring is 1. The van der Waals surface area contributed by atoms with Gasteiger partial charge in [0.2, 0.25) is 10.0 Å². The van der Waals surface area contributed by atoms with E-state index in [1.54, 1.807) is 7.05 Å². The van der Waals surface area contributed by atoms with Gasteiger partial charge >= 0.3 is 0 Å². The van der Waals surface area contributed by atoms with E-state index in [9.17, 15) is 8.42 Å². The van der Waals surface area contributed by atoms with Crippen LogP contribution in [0.4, 0.5) is 5.82 Å². The molecule has 0 atom stereocenters. The fourth-order valence-corrected chi connectivity index (χ4v) is 2.33. The van der Waals surface area contributed by atoms with Crippen LogP contribution < -0.4 is 10.5 Å². The van der Waals surface area contributed by atoms with Crippen LogP contribution in [0.1, 0.15) is 20.3 Å². The molecule has 0 aromatic carbocycles. The van der Waals surface area contributed by atoms with Crippen molar-refractivity contribution in [3.8, 4) is 0 Å². The van der Waals surface area contributed by atoms with Crippen LogP contribution in [-0.4, -0.2) is 24.7 Å². The smallest absolute Gasteiger partial charge is 0.245 e. The minimum absolute atomic E-state index is 0.0405. The molecule has 0 bridgehead atoms. The molecule has 3 N–H and O–H groups in total. The van der Waals surface area contributed by atoms with Gasteiger partial charge in [-0.2, -0.15) is 5.10 Å². The number of nitrogens with one attached hydrogen (secondary N) is 1. The third-order valence-corrected chi connectivity index (χ3v) is 3.73. The molecule has 16 heavy (non-hydrogen) atoms. The number of nitrogens with two attached hydrogens (primary N) is 1. The summed E-state index contributed by atoms with van der Waals surface area (Å²) in [5, 5.41) is 3.80. The fraction of sp³-hybridized carbons (Fsp3) is 0.667. The number of anilines is 1. The molecular weight excluding hydrogens is 228 g/mol. The first-order chi connectivity index (χ1) is 7.34. The Morgan fingerprint density at radius 2 is 2.19 bits per heavy atom. The average molecular weight is 246 g/mol. The third kappa shape index (κ3) is 2.96. The van der Waals surface area contributed by atoms with Gasteiger partial charge in [-0.15, -0.1) is 0 Å². The lowest BCUT2D eigenvalue weighted by Crippen LogP contribution is -2.26. The maximum absolute atomic E-state index is 11.8. The van der Waals surface area contributed by atoms with Crippen molar-refractivity contribution in [2.24, 2.45) is 13.0 Å². The van der Waals surface area contributed by atoms with Crippen molar-refractivity contribution in [2.75, 3.05) is 12.3 Å². The molecule has 0 spiro atoms. The highest BCUT2D eigenvalue weighted by Gasteiger charge is 2.20. The predicted molar refractivity (Wildman–Crippen MR) is 62.3 cm³/mol. The summed E-state index contributed by atoms with van der Waals surface area (Å²) in [6, 6.07) is 0. The van der Waals surface area contributed by atoms with E-state index in [1.165, 1.54) is 10.9 Å². The Morgan fingerprint density at radius 1 is 1.56 bits per heavy atom. The maximum atomic E-state index is 11.8. The molecule has 0 unspecified atom stereocenters. The molecule has 1 aromatic rings. The van der Waals surface area contributed by atoms with Gasteiger partial charge in [-0.1, -0.05) is 13.8 Å². The summed E-state index contributed by atoms with van der Waals surface area (Å²) in [7, 11) is -1.92. The van der Waals surface area contributed by atoms with Gasteiger partial charge in [0.25, 0.3) is 0 Å². The van der Waals surface area contributed by atoms with Crippen LogP contribution in [0.5, 0.6) is 0 Å². The van der Waals surface area contributed by atoms with Gasteiger partial charge < -0.3 is 5.73 Å². The second-order valence-corrected chi connectivity index (χ2v) is 5.83. The van der Waals surface area contributed by atoms with E-state index in [0.29, 0.717) is 12.5 Å². The molecule has 0 aliphatic heterocycles. The van der Waals surface area contributed by atoms with Crippen LogP contribution >= 0.6 is 0 Å². The highest BCUT2D eigenvalue weighted by molar-refractivity contribution is 7.89. The Balaban J connectivity index is 2.75. The summed E-state index contributed by atoms with van der Waals surface area (Å²) < 4.78 is 27.4. The van der Waals surface area contributed by atoms with E-state index in [0.717, 1.165) is 6.42 Å². The summed E-state index contributed by atoms with van der Waals surface area (Å²) >= 11 is 0. The number of sulfonamides is 1. The van der Waals surface area contributed by atoms with Gasteiger partial charge in [0.05, 0.1) is 6.20 Å². The molecule has 1 aromatic heterocycles. The molecule has 0 aliphatic rings. The molecular formula is C9H18N4O2S. The highest BCUT2D eigenvalue weighted by Crippen LogP contribution is 2.15. The molecule has 0 saturated heterocycles. The topological polar surface area (TPSA) is 90.0 Å². The Kier molecular flexibility index (Phi) is 3.93. The standard InChI is InChI=1S/C9H18N4O2S/c1-7(2)4-5-12-16(14,15)8-6-11-13(3)9(8)10/h6-7,12H,4-5,10H2,1-3H3. The summed E-state index contributed by atoms with van der Waals surface area (Å²) in [6.45, 7) is 4.48. The third-order valence-electron chi connectivity index (χ3n) is 2.25. The minimum Gasteiger partial charge on any atom is -0.383 e. The van der Waals surface area contributed by atoms with E-state index in [2.05, 4.69) is 9.82 Å². The molecule has 1 rings (SSSR count). The Morgan fingerprint density at radius 3 is 2.62 bits per heavy atom. The van der Waals surface area contributed by atoms with Gasteiger partial charge in [0.1, 0.15) is 10.7 Å². The SMILES string of the molecule is CC(C)CCNS(=O)(=O)c1cnn(C)c1N. The number of hydrogen-bond donors (Lipinski definition) is 2. The second kappa shape index (κ2) is 4.84. The zero-order valence-corrected chi connectivity index (χ0v) is 10.6. The molecule has 0 amide bonds. The summed E-state index contributed by atoms with van der Waals surface area (Å²) in [5.74, 6) is 0.603. The average Bonchev–Trinajstić information content (AvgIpc) is 2.47. The Hall–Kier alpha value is -1.08. The van der Waals surface area contributed by atoms with Crippen molar-refractivity contribution in [2.45, 2.75) is 25.2 Å². The molecule has 7 heteroatoms. The number of nitrogens with zero attached hydrogens (tertiary/aromatic N) is 2. The molecule has 0 aliphatic carbocycles. The van der Waals surface area contributed by atoms with E-state index >= 15 is 0 Å². The molecule has 0 fully saturated rings. The molecule has 0 radical (unpaired) electrons. The molecule has 0 saturated carbocycles. The number of hydrogen-bond acceptors (Lipinski definition) is 4. The fourth-order valence-electron chi connectivity index (χ4n) is 1.19. The zero-order valence-electron chi connectivity index (χ0n) is 9.77. The quantitative estimate of drug-likeness (QED) is 0.783. The van der Waals surface area contributed by atoms with Crippen molar-refractivity contribution in [3.05, 3.63) is 6.20 Å². The second-order valence-electron chi connectivity index (χ2n) is 4.10. The van der Waals surface area contributed by atoms with Crippen molar-refractivity contribution in [1.82, 2.24) is 14.5 Å². The summed E-state index contributed by atoms with van der Waals surface area (Å²) in [4.78, 5) is 0.0405. The van der Waals surface area contributed by atoms with E-state index in [1.807, 2.05) is 13.8 Å². The lowest BCUT2D eigenvalue weighted by Gasteiger charge is -2.07. The number of rotatable bonds is 5. The van der Waals surface area contributed by atoms with Crippen molar-refractivity contribution < 1.29 is 8.42 Å². The molecule has 6 nitrogen and oxygen atoms in total. The highest BCUT2D eigenvalue weighted by atomic mass is 32.2. The van der Waals surface area contributed by atoms with Crippen LogP contribution in [0, 0.1) is 5.92 Å². The Bertz CT molecular complexity index is 450. The van der Waals surface area contributed by atoms with Crippen LogP contribution in [0.15, 0.2) is 11.1 Å². The normalized spacial score (nSPS) is 12.2. The van der Waals surface area contributed by atoms with Crippen LogP contribution in [0.25, 0.3) is 0 Å². The summed E-state index contributed by atoms with van der Waals surface area (Å²) in [6.07, 6.45) is 2.05. The van der Waals surface area contributed by atoms with E-state index in [-0.39, 0.29) is 10.7 Å². The van der Waals surface area contributed by atoms with Crippen LogP contribution in [0.2, 0.25) is 0 Å². The lowest BCUT2D eigenvalue weighted by atomic mass is 10.1. The summed E-state index contributed by atoms with van der Waals surface area (Å²) in [5.41, 5.74) is 5.60. The first-order valence-electron chi connectivity index (χ1n) is 5.11. The van der Waals surface area contributed by atoms with Gasteiger partial charge in [0.15, 0.2) is 0 Å². The first kappa shape index (κ1) is 13.0. The van der Waals surface area contributed by atoms with Gasteiger partial charge in [0, 0.05) is 13.6 Å². The largest absolute Gasteiger partial charge is 0.383 e. The predicted octanol–water partition coefficient (Wildman–Crippen LogP) is 0.327. The minimum atomic E-state index is -3.52. The van der Waals surface area contributed by atoms with Gasteiger partial charge in [-0.3, -0.25) is 4.68 Å². The first-order valence-corrected chi connectivity index (χ1v) is 6.60. The maximum Gasteiger partial charge on any atom is 0.245 e. The van der Waals surface area contributed by atoms with Crippen LogP contribution in [-0.2, 0) is 17.1 Å². The van der Waals surface area contributed by atoms with Crippen molar-refractivity contribution in [3.63, 3.8) is 0 Å². The Labute approximate surface area is 95.9 Å². The van der Waals surface area contributed by atoms with Gasteiger partial charge in [-0.25, -0.2) is 13.1 Å². The monoisotopic (exact) mass is 246 g/mol. The lowest BCUT2D eigenvalue weighted by molar-refractivity contribution is 0.552. The van der Waals surface area contributed by atoms with Crippen molar-refractivity contribution >= 4 is 15.8 Å². The number of aromatic nitrogens is 2. The number of aryl methyl sites for hydroxylation is 1.